The van der Waals surface area contributed by atoms with Crippen molar-refractivity contribution in [1.29, 1.82) is 0 Å². The van der Waals surface area contributed by atoms with Gasteiger partial charge in [0.1, 0.15) is 0 Å². The Balaban J connectivity index is 1.70. The minimum absolute atomic E-state index is 0.138. The van der Waals surface area contributed by atoms with E-state index in [0.717, 1.165) is 19.3 Å². The lowest BCUT2D eigenvalue weighted by Gasteiger charge is -2.41. The first kappa shape index (κ1) is 14.1. The number of benzene rings is 1. The minimum atomic E-state index is -0.138. The molecule has 0 saturated heterocycles. The maximum absolute atomic E-state index is 10.4. The molecule has 2 aliphatic carbocycles. The zero-order valence-electron chi connectivity index (χ0n) is 12.5. The molecule has 0 aromatic heterocycles. The lowest BCUT2D eigenvalue weighted by Crippen LogP contribution is -2.48. The van der Waals surface area contributed by atoms with Gasteiger partial charge in [0.2, 0.25) is 0 Å². The number of aliphatic hydroxyl groups is 1. The molecule has 110 valence electrons. The Morgan fingerprint density at radius 1 is 1.00 bits per heavy atom. The Hall–Kier alpha value is -0.860. The molecule has 20 heavy (non-hydrogen) atoms. The summed E-state index contributed by atoms with van der Waals surface area (Å²) >= 11 is 0. The van der Waals surface area contributed by atoms with Crippen molar-refractivity contribution in [2.45, 2.75) is 69.1 Å². The maximum atomic E-state index is 10.4. The van der Waals surface area contributed by atoms with Crippen LogP contribution in [-0.4, -0.2) is 35.2 Å². The van der Waals surface area contributed by atoms with Gasteiger partial charge in [0, 0.05) is 12.1 Å². The van der Waals surface area contributed by atoms with Crippen molar-refractivity contribution in [1.82, 2.24) is 4.90 Å². The third-order valence-electron chi connectivity index (χ3n) is 5.48. The zero-order valence-corrected chi connectivity index (χ0v) is 12.5. The van der Waals surface area contributed by atoms with Crippen molar-refractivity contribution in [2.75, 3.05) is 7.05 Å². The van der Waals surface area contributed by atoms with Crippen LogP contribution in [0.3, 0.4) is 0 Å². The van der Waals surface area contributed by atoms with E-state index in [9.17, 15) is 5.11 Å². The first-order valence-electron chi connectivity index (χ1n) is 8.20. The van der Waals surface area contributed by atoms with Gasteiger partial charge in [-0.1, -0.05) is 43.2 Å². The topological polar surface area (TPSA) is 23.5 Å². The number of hydrogen-bond acceptors (Lipinski definition) is 2. The second kappa shape index (κ2) is 6.28. The van der Waals surface area contributed by atoms with Crippen molar-refractivity contribution in [3.8, 4) is 0 Å². The van der Waals surface area contributed by atoms with Gasteiger partial charge in [0.05, 0.1) is 6.10 Å². The van der Waals surface area contributed by atoms with Crippen LogP contribution in [0.25, 0.3) is 0 Å². The fraction of sp³-hybridized carbons (Fsp3) is 0.667. The van der Waals surface area contributed by atoms with Crippen LogP contribution in [0.5, 0.6) is 0 Å². The molecule has 3 unspecified atom stereocenters. The summed E-state index contributed by atoms with van der Waals surface area (Å²) in [5, 5.41) is 10.4. The van der Waals surface area contributed by atoms with Crippen molar-refractivity contribution in [2.24, 2.45) is 0 Å². The first-order valence-corrected chi connectivity index (χ1v) is 8.20. The van der Waals surface area contributed by atoms with Gasteiger partial charge in [-0.2, -0.15) is 0 Å². The van der Waals surface area contributed by atoms with Crippen LogP contribution >= 0.6 is 0 Å². The summed E-state index contributed by atoms with van der Waals surface area (Å²) in [7, 11) is 2.23. The number of hydrogen-bond donors (Lipinski definition) is 1. The SMILES string of the molecule is CN(C1CCCC1)C1CC(c2ccccc2)CCC1O. The van der Waals surface area contributed by atoms with Gasteiger partial charge in [0.15, 0.2) is 0 Å². The predicted octanol–water partition coefficient (Wildman–Crippen LogP) is 3.56. The highest BCUT2D eigenvalue weighted by molar-refractivity contribution is 5.20. The molecule has 0 aliphatic heterocycles. The van der Waals surface area contributed by atoms with E-state index in [-0.39, 0.29) is 6.10 Å². The van der Waals surface area contributed by atoms with E-state index in [1.54, 1.807) is 0 Å². The average Bonchev–Trinajstić information content (AvgIpc) is 3.02. The molecule has 0 amide bonds. The van der Waals surface area contributed by atoms with Gasteiger partial charge >= 0.3 is 0 Å². The summed E-state index contributed by atoms with van der Waals surface area (Å²) in [5.41, 5.74) is 1.45. The number of likely N-dealkylation sites (N-methyl/N-ethyl adjacent to an activating group) is 1. The third-order valence-corrected chi connectivity index (χ3v) is 5.48. The third kappa shape index (κ3) is 2.91. The van der Waals surface area contributed by atoms with Crippen molar-refractivity contribution >= 4 is 0 Å². The van der Waals surface area contributed by atoms with Gasteiger partial charge in [-0.05, 0) is 50.6 Å². The zero-order chi connectivity index (χ0) is 13.9. The van der Waals surface area contributed by atoms with Gasteiger partial charge in [-0.25, -0.2) is 0 Å². The molecule has 2 nitrogen and oxygen atoms in total. The molecule has 1 aromatic rings. The molecule has 2 heteroatoms. The highest BCUT2D eigenvalue weighted by Crippen LogP contribution is 2.37. The summed E-state index contributed by atoms with van der Waals surface area (Å²) in [6, 6.07) is 11.9. The summed E-state index contributed by atoms with van der Waals surface area (Å²) < 4.78 is 0. The number of aliphatic hydroxyl groups excluding tert-OH is 1. The standard InChI is InChI=1S/C18H27NO/c1-19(16-9-5-6-10-16)17-13-15(11-12-18(17)20)14-7-3-2-4-8-14/h2-4,7-8,15-18,20H,5-6,9-13H2,1H3. The van der Waals surface area contributed by atoms with Crippen molar-refractivity contribution in [3.63, 3.8) is 0 Å². The van der Waals surface area contributed by atoms with Gasteiger partial charge in [-0.15, -0.1) is 0 Å². The normalized spacial score (nSPS) is 31.9. The Morgan fingerprint density at radius 3 is 2.40 bits per heavy atom. The quantitative estimate of drug-likeness (QED) is 0.910. The number of rotatable bonds is 3. The maximum Gasteiger partial charge on any atom is 0.0695 e. The Labute approximate surface area is 122 Å². The molecule has 1 N–H and O–H groups in total. The van der Waals surface area contributed by atoms with Crippen LogP contribution in [0, 0.1) is 0 Å². The van der Waals surface area contributed by atoms with E-state index in [0.29, 0.717) is 18.0 Å². The van der Waals surface area contributed by atoms with Crippen LogP contribution in [0.1, 0.15) is 56.4 Å². The average molecular weight is 273 g/mol. The van der Waals surface area contributed by atoms with Crippen LogP contribution in [0.15, 0.2) is 30.3 Å². The van der Waals surface area contributed by atoms with Crippen LogP contribution < -0.4 is 0 Å². The Kier molecular flexibility index (Phi) is 4.42. The molecule has 0 bridgehead atoms. The van der Waals surface area contributed by atoms with Gasteiger partial charge < -0.3 is 5.11 Å². The van der Waals surface area contributed by atoms with Crippen molar-refractivity contribution in [3.05, 3.63) is 35.9 Å². The minimum Gasteiger partial charge on any atom is -0.391 e. The molecule has 0 radical (unpaired) electrons. The molecule has 3 rings (SSSR count). The summed E-state index contributed by atoms with van der Waals surface area (Å²) in [6.45, 7) is 0. The van der Waals surface area contributed by atoms with E-state index in [1.165, 1.54) is 31.2 Å². The van der Waals surface area contributed by atoms with Crippen LogP contribution in [0.2, 0.25) is 0 Å². The van der Waals surface area contributed by atoms with Gasteiger partial charge in [0.25, 0.3) is 0 Å². The molecule has 1 aromatic carbocycles. The molecule has 3 atom stereocenters. The molecular weight excluding hydrogens is 246 g/mol. The van der Waals surface area contributed by atoms with E-state index in [4.69, 9.17) is 0 Å². The lowest BCUT2D eigenvalue weighted by atomic mass is 9.79. The molecule has 2 fully saturated rings. The van der Waals surface area contributed by atoms with E-state index in [1.807, 2.05) is 0 Å². The highest BCUT2D eigenvalue weighted by Gasteiger charge is 2.35. The second-order valence-corrected chi connectivity index (χ2v) is 6.66. The van der Waals surface area contributed by atoms with Crippen molar-refractivity contribution < 1.29 is 5.11 Å². The van der Waals surface area contributed by atoms with E-state index >= 15 is 0 Å². The predicted molar refractivity (Wildman–Crippen MR) is 82.8 cm³/mol. The fourth-order valence-electron chi connectivity index (χ4n) is 4.18. The molecule has 2 aliphatic rings. The second-order valence-electron chi connectivity index (χ2n) is 6.66. The molecule has 0 spiro atoms. The fourth-order valence-corrected chi connectivity index (χ4v) is 4.18. The number of nitrogens with zero attached hydrogens (tertiary/aromatic N) is 1. The lowest BCUT2D eigenvalue weighted by molar-refractivity contribution is 0.00778. The van der Waals surface area contributed by atoms with Gasteiger partial charge in [-0.3, -0.25) is 4.90 Å². The Bertz CT molecular complexity index is 413. The van der Waals surface area contributed by atoms with Crippen LogP contribution in [0.4, 0.5) is 0 Å². The summed E-state index contributed by atoms with van der Waals surface area (Å²) in [4.78, 5) is 2.49. The molecular formula is C18H27NO. The summed E-state index contributed by atoms with van der Waals surface area (Å²) in [5.74, 6) is 0.619. The molecule has 0 heterocycles. The Morgan fingerprint density at radius 2 is 1.70 bits per heavy atom. The first-order chi connectivity index (χ1) is 9.75. The highest BCUT2D eigenvalue weighted by atomic mass is 16.3. The summed E-state index contributed by atoms with van der Waals surface area (Å²) in [6.07, 6.45) is 8.39. The smallest absolute Gasteiger partial charge is 0.0695 e. The van der Waals surface area contributed by atoms with E-state index < -0.39 is 0 Å². The van der Waals surface area contributed by atoms with E-state index in [2.05, 4.69) is 42.3 Å². The largest absolute Gasteiger partial charge is 0.391 e. The van der Waals surface area contributed by atoms with Crippen LogP contribution in [-0.2, 0) is 0 Å². The monoisotopic (exact) mass is 273 g/mol. The molecule has 2 saturated carbocycles.